The van der Waals surface area contributed by atoms with Crippen LogP contribution in [0.5, 0.6) is 0 Å². The van der Waals surface area contributed by atoms with E-state index in [1.54, 1.807) is 28.9 Å². The third-order valence-corrected chi connectivity index (χ3v) is 3.56. The Bertz CT molecular complexity index is 422. The molecule has 0 atom stereocenters. The van der Waals surface area contributed by atoms with Crippen molar-refractivity contribution in [1.29, 1.82) is 0 Å². The summed E-state index contributed by atoms with van der Waals surface area (Å²) >= 11 is 3.19. The van der Waals surface area contributed by atoms with E-state index >= 15 is 0 Å². The van der Waals surface area contributed by atoms with Crippen LogP contribution in [0.3, 0.4) is 0 Å². The second kappa shape index (κ2) is 4.16. The Kier molecular flexibility index (Phi) is 2.90. The van der Waals surface area contributed by atoms with Crippen LogP contribution in [0.1, 0.15) is 20.6 Å². The predicted molar refractivity (Wildman–Crippen MR) is 57.7 cm³/mol. The number of hydrogen-bond donors (Lipinski definition) is 1. The van der Waals surface area contributed by atoms with Crippen molar-refractivity contribution in [3.63, 3.8) is 0 Å². The lowest BCUT2D eigenvalue weighted by Crippen LogP contribution is -1.86. The molecular weight excluding hydrogens is 216 g/mol. The highest BCUT2D eigenvalue weighted by atomic mass is 32.1. The number of hydrogen-bond acceptors (Lipinski definition) is 5. The van der Waals surface area contributed by atoms with Crippen LogP contribution in [-0.2, 0) is 13.0 Å². The van der Waals surface area contributed by atoms with Gasteiger partial charge in [-0.05, 0) is 6.92 Å². The van der Waals surface area contributed by atoms with E-state index in [1.165, 1.54) is 0 Å². The van der Waals surface area contributed by atoms with Gasteiger partial charge < -0.3 is 5.11 Å². The number of aliphatic hydroxyl groups is 1. The molecule has 0 unspecified atom stereocenters. The fourth-order valence-corrected chi connectivity index (χ4v) is 2.56. The molecule has 0 saturated carbocycles. The van der Waals surface area contributed by atoms with Crippen molar-refractivity contribution in [3.8, 4) is 0 Å². The van der Waals surface area contributed by atoms with E-state index in [0.29, 0.717) is 0 Å². The maximum absolute atomic E-state index is 8.88. The van der Waals surface area contributed by atoms with Crippen LogP contribution in [0.2, 0.25) is 0 Å². The van der Waals surface area contributed by atoms with Crippen LogP contribution in [0, 0.1) is 6.92 Å². The van der Waals surface area contributed by atoms with E-state index in [1.807, 2.05) is 6.92 Å². The summed E-state index contributed by atoms with van der Waals surface area (Å²) in [5.41, 5.74) is 1.06. The first kappa shape index (κ1) is 9.76. The summed E-state index contributed by atoms with van der Waals surface area (Å²) in [4.78, 5) is 9.49. The molecule has 0 aliphatic rings. The molecule has 1 N–H and O–H groups in total. The molecule has 14 heavy (non-hydrogen) atoms. The molecule has 0 saturated heterocycles. The smallest absolute Gasteiger partial charge is 0.0988 e. The van der Waals surface area contributed by atoms with Gasteiger partial charge in [-0.25, -0.2) is 9.97 Å². The first-order chi connectivity index (χ1) is 6.78. The molecule has 2 heterocycles. The van der Waals surface area contributed by atoms with Gasteiger partial charge >= 0.3 is 0 Å². The summed E-state index contributed by atoms with van der Waals surface area (Å²) in [5, 5.41) is 13.0. The molecule has 0 bridgehead atoms. The van der Waals surface area contributed by atoms with Gasteiger partial charge in [-0.2, -0.15) is 0 Å². The molecule has 2 aromatic rings. The monoisotopic (exact) mass is 226 g/mol. The van der Waals surface area contributed by atoms with Crippen molar-refractivity contribution < 1.29 is 5.11 Å². The maximum atomic E-state index is 8.88. The molecular formula is C9H10N2OS2. The van der Waals surface area contributed by atoms with Crippen LogP contribution in [-0.4, -0.2) is 15.1 Å². The Morgan fingerprint density at radius 2 is 2.36 bits per heavy atom. The first-order valence-corrected chi connectivity index (χ1v) is 5.93. The van der Waals surface area contributed by atoms with Gasteiger partial charge in [0.2, 0.25) is 0 Å². The van der Waals surface area contributed by atoms with Crippen molar-refractivity contribution in [1.82, 2.24) is 9.97 Å². The molecule has 74 valence electrons. The molecule has 0 spiro atoms. The highest BCUT2D eigenvalue weighted by molar-refractivity contribution is 7.11. The quantitative estimate of drug-likeness (QED) is 0.870. The Morgan fingerprint density at radius 1 is 1.50 bits per heavy atom. The fraction of sp³-hybridized carbons (Fsp3) is 0.333. The SMILES string of the molecule is Cc1nc(Cc2ncc(CO)s2)cs1. The Morgan fingerprint density at radius 3 is 2.93 bits per heavy atom. The summed E-state index contributed by atoms with van der Waals surface area (Å²) in [5.74, 6) is 0. The van der Waals surface area contributed by atoms with Crippen LogP contribution >= 0.6 is 22.7 Å². The van der Waals surface area contributed by atoms with E-state index < -0.39 is 0 Å². The molecule has 2 aromatic heterocycles. The van der Waals surface area contributed by atoms with Gasteiger partial charge in [0.25, 0.3) is 0 Å². The maximum Gasteiger partial charge on any atom is 0.0988 e. The van der Waals surface area contributed by atoms with Crippen LogP contribution in [0.25, 0.3) is 0 Å². The van der Waals surface area contributed by atoms with Gasteiger partial charge in [0.1, 0.15) is 0 Å². The highest BCUT2D eigenvalue weighted by Gasteiger charge is 2.04. The third-order valence-electron chi connectivity index (χ3n) is 1.76. The average molecular weight is 226 g/mol. The number of aromatic nitrogens is 2. The van der Waals surface area contributed by atoms with Gasteiger partial charge in [-0.15, -0.1) is 22.7 Å². The Balaban J connectivity index is 2.10. The van der Waals surface area contributed by atoms with E-state index in [2.05, 4.69) is 15.3 Å². The third kappa shape index (κ3) is 2.17. The van der Waals surface area contributed by atoms with Gasteiger partial charge in [0, 0.05) is 18.0 Å². The van der Waals surface area contributed by atoms with Gasteiger partial charge in [0.15, 0.2) is 0 Å². The molecule has 0 fully saturated rings. The predicted octanol–water partition coefficient (Wildman–Crippen LogP) is 1.99. The molecule has 0 aromatic carbocycles. The standard InChI is InChI=1S/C9H10N2OS2/c1-6-11-7(5-13-6)2-9-10-3-8(4-12)14-9/h3,5,12H,2,4H2,1H3. The fourth-order valence-electron chi connectivity index (χ4n) is 1.15. The van der Waals surface area contributed by atoms with E-state index in [0.717, 1.165) is 27.0 Å². The lowest BCUT2D eigenvalue weighted by Gasteiger charge is -1.89. The number of aryl methyl sites for hydroxylation is 1. The summed E-state index contributed by atoms with van der Waals surface area (Å²) in [6, 6.07) is 0. The van der Waals surface area contributed by atoms with Gasteiger partial charge in [0.05, 0.1) is 27.2 Å². The van der Waals surface area contributed by atoms with E-state index in [9.17, 15) is 0 Å². The van der Waals surface area contributed by atoms with Crippen LogP contribution in [0.15, 0.2) is 11.6 Å². The number of nitrogens with zero attached hydrogens (tertiary/aromatic N) is 2. The average Bonchev–Trinajstić information content (AvgIpc) is 2.76. The summed E-state index contributed by atoms with van der Waals surface area (Å²) in [6.07, 6.45) is 2.49. The van der Waals surface area contributed by atoms with Crippen molar-refractivity contribution in [2.75, 3.05) is 0 Å². The molecule has 0 aliphatic carbocycles. The first-order valence-electron chi connectivity index (χ1n) is 4.23. The molecule has 0 amide bonds. The van der Waals surface area contributed by atoms with Crippen molar-refractivity contribution in [2.45, 2.75) is 20.0 Å². The topological polar surface area (TPSA) is 46.0 Å². The second-order valence-corrected chi connectivity index (χ2v) is 5.18. The molecule has 2 rings (SSSR count). The van der Waals surface area contributed by atoms with Gasteiger partial charge in [-0.1, -0.05) is 0 Å². The van der Waals surface area contributed by atoms with Crippen LogP contribution in [0.4, 0.5) is 0 Å². The van der Waals surface area contributed by atoms with Crippen molar-refractivity contribution in [3.05, 3.63) is 32.2 Å². The summed E-state index contributed by atoms with van der Waals surface area (Å²) in [7, 11) is 0. The highest BCUT2D eigenvalue weighted by Crippen LogP contribution is 2.17. The zero-order chi connectivity index (χ0) is 9.97. The van der Waals surface area contributed by atoms with Crippen molar-refractivity contribution >= 4 is 22.7 Å². The summed E-state index contributed by atoms with van der Waals surface area (Å²) in [6.45, 7) is 2.07. The summed E-state index contributed by atoms with van der Waals surface area (Å²) < 4.78 is 0. The second-order valence-electron chi connectivity index (χ2n) is 2.91. The van der Waals surface area contributed by atoms with E-state index in [4.69, 9.17) is 5.11 Å². The number of rotatable bonds is 3. The van der Waals surface area contributed by atoms with Crippen molar-refractivity contribution in [2.24, 2.45) is 0 Å². The molecule has 0 aliphatic heterocycles. The normalized spacial score (nSPS) is 10.7. The Hall–Kier alpha value is -0.780. The van der Waals surface area contributed by atoms with E-state index in [-0.39, 0.29) is 6.61 Å². The lowest BCUT2D eigenvalue weighted by molar-refractivity contribution is 0.285. The largest absolute Gasteiger partial charge is 0.391 e. The minimum Gasteiger partial charge on any atom is -0.391 e. The zero-order valence-corrected chi connectivity index (χ0v) is 9.36. The number of aliphatic hydroxyl groups excluding tert-OH is 1. The van der Waals surface area contributed by atoms with Gasteiger partial charge in [-0.3, -0.25) is 0 Å². The lowest BCUT2D eigenvalue weighted by atomic mass is 10.3. The Labute approximate surface area is 90.1 Å². The van der Waals surface area contributed by atoms with Crippen LogP contribution < -0.4 is 0 Å². The minimum absolute atomic E-state index is 0.0771. The molecule has 0 radical (unpaired) electrons. The minimum atomic E-state index is 0.0771. The molecule has 3 nitrogen and oxygen atoms in total. The number of thiazole rings is 2. The zero-order valence-electron chi connectivity index (χ0n) is 7.73. The molecule has 5 heteroatoms.